The average Bonchev–Trinajstić information content (AvgIpc) is 2.34. The molecule has 0 aliphatic carbocycles. The smallest absolute Gasteiger partial charge is 0.219 e. The van der Waals surface area contributed by atoms with Crippen molar-refractivity contribution in [2.75, 3.05) is 12.8 Å². The minimum Gasteiger partial charge on any atom is -0.497 e. The lowest BCUT2D eigenvalue weighted by Gasteiger charge is -2.08. The molecule has 0 unspecified atom stereocenters. The van der Waals surface area contributed by atoms with Crippen LogP contribution in [-0.4, -0.2) is 12.1 Å². The number of hydrogen-bond donors (Lipinski definition) is 1. The average molecular weight is 234 g/mol. The standard InChI is InChI=1S/C12H11FN2O2/c1-16-9-3-4-11(10(14)6-9)17-12-5-2-8(13)7-15-12/h2-7H,14H2,1H3. The second-order valence-corrected chi connectivity index (χ2v) is 3.32. The van der Waals surface area contributed by atoms with Crippen LogP contribution in [0.15, 0.2) is 36.5 Å². The molecular formula is C12H11FN2O2. The summed E-state index contributed by atoms with van der Waals surface area (Å²) in [5, 5.41) is 0. The summed E-state index contributed by atoms with van der Waals surface area (Å²) in [6.07, 6.45) is 1.08. The Morgan fingerprint density at radius 2 is 2.06 bits per heavy atom. The van der Waals surface area contributed by atoms with Gasteiger partial charge < -0.3 is 15.2 Å². The van der Waals surface area contributed by atoms with Gasteiger partial charge in [-0.1, -0.05) is 0 Å². The number of nitrogens with two attached hydrogens (primary N) is 1. The van der Waals surface area contributed by atoms with Gasteiger partial charge >= 0.3 is 0 Å². The first-order valence-corrected chi connectivity index (χ1v) is 4.92. The normalized spacial score (nSPS) is 10.0. The van der Waals surface area contributed by atoms with E-state index in [0.29, 0.717) is 17.2 Å². The van der Waals surface area contributed by atoms with Gasteiger partial charge in [-0.25, -0.2) is 9.37 Å². The molecule has 0 fully saturated rings. The maximum atomic E-state index is 12.6. The highest BCUT2D eigenvalue weighted by Crippen LogP contribution is 2.29. The minimum absolute atomic E-state index is 0.281. The Hall–Kier alpha value is -2.30. The molecule has 4 nitrogen and oxygen atoms in total. The molecule has 0 saturated carbocycles. The van der Waals surface area contributed by atoms with E-state index in [0.717, 1.165) is 6.20 Å². The van der Waals surface area contributed by atoms with Crippen LogP contribution in [0.1, 0.15) is 0 Å². The molecule has 5 heteroatoms. The van der Waals surface area contributed by atoms with Gasteiger partial charge in [0.1, 0.15) is 11.6 Å². The SMILES string of the molecule is COc1ccc(Oc2ccc(F)cn2)c(N)c1. The third-order valence-electron chi connectivity index (χ3n) is 2.13. The van der Waals surface area contributed by atoms with Crippen molar-refractivity contribution < 1.29 is 13.9 Å². The van der Waals surface area contributed by atoms with Crippen LogP contribution in [0.4, 0.5) is 10.1 Å². The van der Waals surface area contributed by atoms with Crippen molar-refractivity contribution in [1.29, 1.82) is 0 Å². The minimum atomic E-state index is -0.417. The molecule has 0 radical (unpaired) electrons. The van der Waals surface area contributed by atoms with Crippen LogP contribution in [0, 0.1) is 5.82 Å². The third-order valence-corrected chi connectivity index (χ3v) is 2.13. The lowest BCUT2D eigenvalue weighted by Crippen LogP contribution is -1.94. The van der Waals surface area contributed by atoms with E-state index in [2.05, 4.69) is 4.98 Å². The summed E-state index contributed by atoms with van der Waals surface area (Å²) in [7, 11) is 1.55. The Kier molecular flexibility index (Phi) is 3.09. The first-order chi connectivity index (χ1) is 8.19. The van der Waals surface area contributed by atoms with Crippen LogP contribution in [0.3, 0.4) is 0 Å². The first kappa shape index (κ1) is 11.2. The summed E-state index contributed by atoms with van der Waals surface area (Å²) in [6, 6.07) is 7.72. The fourth-order valence-corrected chi connectivity index (χ4v) is 1.28. The van der Waals surface area contributed by atoms with Crippen LogP contribution < -0.4 is 15.2 Å². The highest BCUT2D eigenvalue weighted by Gasteiger charge is 2.04. The van der Waals surface area contributed by atoms with Crippen molar-refractivity contribution in [3.05, 3.63) is 42.3 Å². The summed E-state index contributed by atoms with van der Waals surface area (Å²) in [6.45, 7) is 0. The molecule has 0 spiro atoms. The number of nitrogens with zero attached hydrogens (tertiary/aromatic N) is 1. The molecule has 0 atom stereocenters. The number of benzene rings is 1. The van der Waals surface area contributed by atoms with Crippen molar-refractivity contribution in [2.45, 2.75) is 0 Å². The van der Waals surface area contributed by atoms with E-state index in [-0.39, 0.29) is 5.88 Å². The first-order valence-electron chi connectivity index (χ1n) is 4.92. The molecule has 0 aliphatic heterocycles. The summed E-state index contributed by atoms with van der Waals surface area (Å²) in [5.41, 5.74) is 6.19. The number of rotatable bonds is 3. The van der Waals surface area contributed by atoms with Crippen molar-refractivity contribution >= 4 is 5.69 Å². The maximum Gasteiger partial charge on any atom is 0.219 e. The van der Waals surface area contributed by atoms with E-state index < -0.39 is 5.82 Å². The zero-order chi connectivity index (χ0) is 12.3. The highest BCUT2D eigenvalue weighted by molar-refractivity contribution is 5.57. The van der Waals surface area contributed by atoms with Gasteiger partial charge in [-0.15, -0.1) is 0 Å². The van der Waals surface area contributed by atoms with E-state index >= 15 is 0 Å². The quantitative estimate of drug-likeness (QED) is 0.829. The fourth-order valence-electron chi connectivity index (χ4n) is 1.28. The molecule has 0 saturated heterocycles. The Morgan fingerprint density at radius 3 is 2.65 bits per heavy atom. The molecule has 1 aromatic carbocycles. The third kappa shape index (κ3) is 2.63. The molecule has 2 N–H and O–H groups in total. The molecular weight excluding hydrogens is 223 g/mol. The van der Waals surface area contributed by atoms with Gasteiger partial charge in [0, 0.05) is 12.1 Å². The summed E-state index contributed by atoms with van der Waals surface area (Å²) < 4.78 is 23.1. The number of pyridine rings is 1. The van der Waals surface area contributed by atoms with Gasteiger partial charge in [0.15, 0.2) is 5.75 Å². The van der Waals surface area contributed by atoms with Gasteiger partial charge in [0.2, 0.25) is 5.88 Å². The van der Waals surface area contributed by atoms with Gasteiger partial charge in [-0.2, -0.15) is 0 Å². The molecule has 88 valence electrons. The Bertz CT molecular complexity index is 514. The van der Waals surface area contributed by atoms with Crippen molar-refractivity contribution in [1.82, 2.24) is 4.98 Å². The molecule has 0 bridgehead atoms. The molecule has 17 heavy (non-hydrogen) atoms. The second-order valence-electron chi connectivity index (χ2n) is 3.32. The van der Waals surface area contributed by atoms with E-state index in [9.17, 15) is 4.39 Å². The number of aromatic nitrogens is 1. The lowest BCUT2D eigenvalue weighted by atomic mass is 10.3. The number of ether oxygens (including phenoxy) is 2. The highest BCUT2D eigenvalue weighted by atomic mass is 19.1. The predicted molar refractivity (Wildman–Crippen MR) is 61.7 cm³/mol. The van der Waals surface area contributed by atoms with Crippen LogP contribution in [-0.2, 0) is 0 Å². The van der Waals surface area contributed by atoms with E-state index in [1.165, 1.54) is 12.1 Å². The van der Waals surface area contributed by atoms with Gasteiger partial charge in [-0.05, 0) is 18.2 Å². The Labute approximate surface area is 97.8 Å². The monoisotopic (exact) mass is 234 g/mol. The largest absolute Gasteiger partial charge is 0.497 e. The van der Waals surface area contributed by atoms with E-state index in [1.807, 2.05) is 0 Å². The van der Waals surface area contributed by atoms with Gasteiger partial charge in [-0.3, -0.25) is 0 Å². The molecule has 0 amide bonds. The van der Waals surface area contributed by atoms with Crippen LogP contribution in [0.2, 0.25) is 0 Å². The number of nitrogen functional groups attached to an aromatic ring is 1. The lowest BCUT2D eigenvalue weighted by molar-refractivity contribution is 0.412. The zero-order valence-corrected chi connectivity index (χ0v) is 9.18. The van der Waals surface area contributed by atoms with Gasteiger partial charge in [0.25, 0.3) is 0 Å². The number of anilines is 1. The number of halogens is 1. The molecule has 2 aromatic rings. The molecule has 0 aliphatic rings. The summed E-state index contributed by atoms with van der Waals surface area (Å²) in [5.74, 6) is 0.954. The second kappa shape index (κ2) is 4.69. The zero-order valence-electron chi connectivity index (χ0n) is 9.18. The molecule has 1 heterocycles. The number of hydrogen-bond acceptors (Lipinski definition) is 4. The fraction of sp³-hybridized carbons (Fsp3) is 0.0833. The van der Waals surface area contributed by atoms with Crippen molar-refractivity contribution in [3.63, 3.8) is 0 Å². The maximum absolute atomic E-state index is 12.6. The van der Waals surface area contributed by atoms with Crippen LogP contribution >= 0.6 is 0 Å². The number of methoxy groups -OCH3 is 1. The van der Waals surface area contributed by atoms with Crippen molar-refractivity contribution in [3.8, 4) is 17.4 Å². The van der Waals surface area contributed by atoms with E-state index in [4.69, 9.17) is 15.2 Å². The van der Waals surface area contributed by atoms with Crippen molar-refractivity contribution in [2.24, 2.45) is 0 Å². The van der Waals surface area contributed by atoms with Crippen LogP contribution in [0.25, 0.3) is 0 Å². The Balaban J connectivity index is 2.21. The summed E-state index contributed by atoms with van der Waals surface area (Å²) >= 11 is 0. The molecule has 1 aromatic heterocycles. The van der Waals surface area contributed by atoms with Gasteiger partial charge in [0.05, 0.1) is 19.0 Å². The van der Waals surface area contributed by atoms with Crippen LogP contribution in [0.5, 0.6) is 17.4 Å². The van der Waals surface area contributed by atoms with E-state index in [1.54, 1.807) is 25.3 Å². The predicted octanol–water partition coefficient (Wildman–Crippen LogP) is 2.60. The summed E-state index contributed by atoms with van der Waals surface area (Å²) in [4.78, 5) is 3.77. The molecule has 2 rings (SSSR count). The topological polar surface area (TPSA) is 57.4 Å². The Morgan fingerprint density at radius 1 is 1.24 bits per heavy atom.